The van der Waals surface area contributed by atoms with Gasteiger partial charge in [-0.15, -0.1) is 0 Å². The van der Waals surface area contributed by atoms with Crippen molar-refractivity contribution in [1.29, 1.82) is 0 Å². The first-order valence-electron chi connectivity index (χ1n) is 6.18. The average Bonchev–Trinajstić information content (AvgIpc) is 2.29. The summed E-state index contributed by atoms with van der Waals surface area (Å²) in [5.41, 5.74) is 0.518. The normalized spacial score (nSPS) is 20.2. The van der Waals surface area contributed by atoms with Gasteiger partial charge >= 0.3 is 0 Å². The Morgan fingerprint density at radius 1 is 1.24 bits per heavy atom. The Bertz CT molecular complexity index is 365. The molecular formula is C13H20IN3. The molecule has 17 heavy (non-hydrogen) atoms. The highest BCUT2D eigenvalue weighted by Crippen LogP contribution is 2.37. The third kappa shape index (κ3) is 3.30. The molecule has 0 N–H and O–H groups in total. The van der Waals surface area contributed by atoms with Crippen molar-refractivity contribution in [2.45, 2.75) is 45.6 Å². The van der Waals surface area contributed by atoms with Crippen molar-refractivity contribution in [3.05, 3.63) is 16.0 Å². The summed E-state index contributed by atoms with van der Waals surface area (Å²) in [7, 11) is 2.12. The highest BCUT2D eigenvalue weighted by Gasteiger charge is 2.29. The summed E-state index contributed by atoms with van der Waals surface area (Å²) >= 11 is 2.24. The smallest absolute Gasteiger partial charge is 0.225 e. The first kappa shape index (κ1) is 13.1. The standard InChI is InChI=1S/C13H20IN3/c1-13(2)6-4-11(5-7-13)17(3)12-15-8-10(14)9-16-12/h8-9,11H,4-7H2,1-3H3. The summed E-state index contributed by atoms with van der Waals surface area (Å²) in [6, 6.07) is 0.600. The van der Waals surface area contributed by atoms with Crippen LogP contribution in [-0.2, 0) is 0 Å². The van der Waals surface area contributed by atoms with Crippen molar-refractivity contribution in [3.8, 4) is 0 Å². The maximum atomic E-state index is 4.40. The predicted octanol–water partition coefficient (Wildman–Crippen LogP) is 3.49. The van der Waals surface area contributed by atoms with Crippen LogP contribution in [0.1, 0.15) is 39.5 Å². The Hall–Kier alpha value is -0.390. The van der Waals surface area contributed by atoms with E-state index in [9.17, 15) is 0 Å². The van der Waals surface area contributed by atoms with Crippen LogP contribution in [0.5, 0.6) is 0 Å². The first-order valence-corrected chi connectivity index (χ1v) is 7.26. The number of hydrogen-bond donors (Lipinski definition) is 0. The highest BCUT2D eigenvalue weighted by atomic mass is 127. The molecule has 2 rings (SSSR count). The first-order chi connectivity index (χ1) is 7.98. The molecule has 1 aromatic rings. The predicted molar refractivity (Wildman–Crippen MR) is 79.2 cm³/mol. The molecule has 0 unspecified atom stereocenters. The lowest BCUT2D eigenvalue weighted by atomic mass is 9.75. The summed E-state index contributed by atoms with van der Waals surface area (Å²) < 4.78 is 1.09. The molecule has 1 aromatic heterocycles. The zero-order chi connectivity index (χ0) is 12.5. The van der Waals surface area contributed by atoms with Gasteiger partial charge in [-0.1, -0.05) is 13.8 Å². The molecule has 0 atom stereocenters. The molecule has 0 aliphatic heterocycles. The second-order valence-electron chi connectivity index (χ2n) is 5.71. The van der Waals surface area contributed by atoms with Gasteiger partial charge in [0.15, 0.2) is 0 Å². The van der Waals surface area contributed by atoms with Crippen LogP contribution >= 0.6 is 22.6 Å². The Labute approximate surface area is 117 Å². The SMILES string of the molecule is CN(c1ncc(I)cn1)C1CCC(C)(C)CC1. The van der Waals surface area contributed by atoms with E-state index in [1.54, 1.807) is 0 Å². The Kier molecular flexibility index (Phi) is 3.90. The van der Waals surface area contributed by atoms with Crippen LogP contribution in [0.15, 0.2) is 12.4 Å². The lowest BCUT2D eigenvalue weighted by Gasteiger charge is -2.38. The van der Waals surface area contributed by atoms with Gasteiger partial charge in [-0.2, -0.15) is 0 Å². The second kappa shape index (κ2) is 5.08. The van der Waals surface area contributed by atoms with Gasteiger partial charge in [0, 0.05) is 29.1 Å². The molecule has 1 aliphatic carbocycles. The van der Waals surface area contributed by atoms with E-state index in [1.165, 1.54) is 25.7 Å². The lowest BCUT2D eigenvalue weighted by Crippen LogP contribution is -2.38. The molecule has 1 heterocycles. The van der Waals surface area contributed by atoms with Gasteiger partial charge in [-0.25, -0.2) is 9.97 Å². The van der Waals surface area contributed by atoms with Crippen molar-refractivity contribution in [1.82, 2.24) is 9.97 Å². The minimum atomic E-state index is 0.518. The molecule has 0 saturated heterocycles. The Morgan fingerprint density at radius 2 is 1.76 bits per heavy atom. The van der Waals surface area contributed by atoms with Gasteiger partial charge in [0.05, 0.1) is 0 Å². The minimum absolute atomic E-state index is 0.518. The Morgan fingerprint density at radius 3 is 2.29 bits per heavy atom. The van der Waals surface area contributed by atoms with Gasteiger partial charge in [0.1, 0.15) is 0 Å². The second-order valence-corrected chi connectivity index (χ2v) is 6.95. The minimum Gasteiger partial charge on any atom is -0.341 e. The molecule has 1 saturated carbocycles. The number of hydrogen-bond acceptors (Lipinski definition) is 3. The number of rotatable bonds is 2. The van der Waals surface area contributed by atoms with Crippen LogP contribution in [0.2, 0.25) is 0 Å². The fraction of sp³-hybridized carbons (Fsp3) is 0.692. The van der Waals surface area contributed by atoms with Crippen LogP contribution in [0, 0.1) is 8.99 Å². The van der Waals surface area contributed by atoms with Crippen LogP contribution < -0.4 is 4.90 Å². The highest BCUT2D eigenvalue weighted by molar-refractivity contribution is 14.1. The summed E-state index contributed by atoms with van der Waals surface area (Å²) in [6.07, 6.45) is 8.86. The zero-order valence-corrected chi connectivity index (χ0v) is 12.9. The molecule has 1 aliphatic rings. The van der Waals surface area contributed by atoms with Crippen molar-refractivity contribution in [3.63, 3.8) is 0 Å². The number of anilines is 1. The molecule has 4 heteroatoms. The largest absolute Gasteiger partial charge is 0.341 e. The van der Waals surface area contributed by atoms with Gasteiger partial charge in [-0.3, -0.25) is 0 Å². The van der Waals surface area contributed by atoms with Gasteiger partial charge in [-0.05, 0) is 53.7 Å². The van der Waals surface area contributed by atoms with E-state index in [0.717, 1.165) is 9.52 Å². The van der Waals surface area contributed by atoms with E-state index in [-0.39, 0.29) is 0 Å². The molecule has 94 valence electrons. The topological polar surface area (TPSA) is 29.0 Å². The van der Waals surface area contributed by atoms with Crippen LogP contribution in [0.25, 0.3) is 0 Å². The maximum Gasteiger partial charge on any atom is 0.225 e. The van der Waals surface area contributed by atoms with E-state index < -0.39 is 0 Å². The van der Waals surface area contributed by atoms with Gasteiger partial charge in [0.25, 0.3) is 0 Å². The van der Waals surface area contributed by atoms with Crippen molar-refractivity contribution < 1.29 is 0 Å². The zero-order valence-electron chi connectivity index (χ0n) is 10.8. The molecule has 0 radical (unpaired) electrons. The number of nitrogens with zero attached hydrogens (tertiary/aromatic N) is 3. The summed E-state index contributed by atoms with van der Waals surface area (Å²) in [6.45, 7) is 4.73. The van der Waals surface area contributed by atoms with Crippen molar-refractivity contribution in [2.24, 2.45) is 5.41 Å². The summed E-state index contributed by atoms with van der Waals surface area (Å²) in [5, 5.41) is 0. The monoisotopic (exact) mass is 345 g/mol. The van der Waals surface area contributed by atoms with E-state index in [4.69, 9.17) is 0 Å². The van der Waals surface area contributed by atoms with Crippen LogP contribution in [-0.4, -0.2) is 23.1 Å². The third-order valence-electron chi connectivity index (χ3n) is 3.78. The van der Waals surface area contributed by atoms with Crippen LogP contribution in [0.4, 0.5) is 5.95 Å². The van der Waals surface area contributed by atoms with Gasteiger partial charge < -0.3 is 4.90 Å². The molecule has 0 aromatic carbocycles. The maximum absolute atomic E-state index is 4.40. The van der Waals surface area contributed by atoms with Crippen molar-refractivity contribution in [2.75, 3.05) is 11.9 Å². The molecular weight excluding hydrogens is 325 g/mol. The molecule has 0 spiro atoms. The van der Waals surface area contributed by atoms with Crippen molar-refractivity contribution >= 4 is 28.5 Å². The lowest BCUT2D eigenvalue weighted by molar-refractivity contribution is 0.222. The summed E-state index contributed by atoms with van der Waals surface area (Å²) in [4.78, 5) is 11.0. The van der Waals surface area contributed by atoms with E-state index in [2.05, 4.69) is 58.4 Å². The number of halogens is 1. The molecule has 1 fully saturated rings. The molecule has 0 bridgehead atoms. The third-order valence-corrected chi connectivity index (χ3v) is 4.34. The summed E-state index contributed by atoms with van der Waals surface area (Å²) in [5.74, 6) is 0.857. The van der Waals surface area contributed by atoms with Crippen LogP contribution in [0.3, 0.4) is 0 Å². The average molecular weight is 345 g/mol. The number of aromatic nitrogens is 2. The van der Waals surface area contributed by atoms with E-state index in [0.29, 0.717) is 11.5 Å². The molecule has 0 amide bonds. The fourth-order valence-electron chi connectivity index (χ4n) is 2.42. The van der Waals surface area contributed by atoms with E-state index >= 15 is 0 Å². The fourth-order valence-corrected chi connectivity index (χ4v) is 2.70. The Balaban J connectivity index is 2.01. The quantitative estimate of drug-likeness (QED) is 0.769. The van der Waals surface area contributed by atoms with E-state index in [1.807, 2.05) is 12.4 Å². The molecule has 3 nitrogen and oxygen atoms in total. The van der Waals surface area contributed by atoms with Gasteiger partial charge in [0.2, 0.25) is 5.95 Å².